The number of benzene rings is 1. The highest BCUT2D eigenvalue weighted by molar-refractivity contribution is 6.35. The zero-order chi connectivity index (χ0) is 11.4. The van der Waals surface area contributed by atoms with Crippen molar-refractivity contribution < 1.29 is 0 Å². The summed E-state index contributed by atoms with van der Waals surface area (Å²) in [6.07, 6.45) is 0. The standard InChI is InChI=1S/C11H12Cl2N2/c1-7(2)11(6-14)15-10-4-8(12)3-9(13)5-10/h3-5,7,11,15H,1-2H3. The summed E-state index contributed by atoms with van der Waals surface area (Å²) >= 11 is 11.7. The van der Waals surface area contributed by atoms with E-state index >= 15 is 0 Å². The van der Waals surface area contributed by atoms with E-state index in [0.29, 0.717) is 10.0 Å². The number of rotatable bonds is 3. The molecule has 0 aliphatic rings. The van der Waals surface area contributed by atoms with Crippen LogP contribution in [0.15, 0.2) is 18.2 Å². The third-order valence-corrected chi connectivity index (χ3v) is 2.43. The first-order chi connectivity index (χ1) is 7.02. The minimum atomic E-state index is -0.237. The van der Waals surface area contributed by atoms with Gasteiger partial charge in [-0.05, 0) is 24.1 Å². The van der Waals surface area contributed by atoms with Gasteiger partial charge in [-0.3, -0.25) is 0 Å². The van der Waals surface area contributed by atoms with Gasteiger partial charge in [0, 0.05) is 15.7 Å². The van der Waals surface area contributed by atoms with Gasteiger partial charge >= 0.3 is 0 Å². The van der Waals surface area contributed by atoms with Gasteiger partial charge in [0.25, 0.3) is 0 Å². The second-order valence-corrected chi connectivity index (χ2v) is 4.53. The van der Waals surface area contributed by atoms with Crippen molar-refractivity contribution in [3.05, 3.63) is 28.2 Å². The lowest BCUT2D eigenvalue weighted by Gasteiger charge is -2.16. The second-order valence-electron chi connectivity index (χ2n) is 3.65. The summed E-state index contributed by atoms with van der Waals surface area (Å²) in [4.78, 5) is 0. The van der Waals surface area contributed by atoms with Gasteiger partial charge in [-0.1, -0.05) is 37.0 Å². The van der Waals surface area contributed by atoms with Crippen LogP contribution in [-0.2, 0) is 0 Å². The number of anilines is 1. The molecular formula is C11H12Cl2N2. The van der Waals surface area contributed by atoms with Crippen LogP contribution in [0.25, 0.3) is 0 Å². The average molecular weight is 243 g/mol. The van der Waals surface area contributed by atoms with E-state index in [9.17, 15) is 0 Å². The van der Waals surface area contributed by atoms with E-state index in [0.717, 1.165) is 5.69 Å². The number of nitriles is 1. The molecule has 1 rings (SSSR count). The lowest BCUT2D eigenvalue weighted by molar-refractivity contribution is 0.609. The van der Waals surface area contributed by atoms with E-state index in [1.165, 1.54) is 0 Å². The molecule has 0 spiro atoms. The lowest BCUT2D eigenvalue weighted by Crippen LogP contribution is -2.23. The minimum Gasteiger partial charge on any atom is -0.370 e. The van der Waals surface area contributed by atoms with Gasteiger partial charge in [0.1, 0.15) is 6.04 Å². The van der Waals surface area contributed by atoms with E-state index in [4.69, 9.17) is 28.5 Å². The summed E-state index contributed by atoms with van der Waals surface area (Å²) < 4.78 is 0. The highest BCUT2D eigenvalue weighted by Crippen LogP contribution is 2.23. The second kappa shape index (κ2) is 5.25. The van der Waals surface area contributed by atoms with E-state index in [1.807, 2.05) is 13.8 Å². The summed E-state index contributed by atoms with van der Waals surface area (Å²) in [6, 6.07) is 7.11. The van der Waals surface area contributed by atoms with Crippen LogP contribution in [0.1, 0.15) is 13.8 Å². The summed E-state index contributed by atoms with van der Waals surface area (Å²) in [5, 5.41) is 13.1. The van der Waals surface area contributed by atoms with Crippen LogP contribution in [0.2, 0.25) is 10.0 Å². The molecule has 80 valence electrons. The zero-order valence-electron chi connectivity index (χ0n) is 8.59. The van der Waals surface area contributed by atoms with E-state index in [2.05, 4.69) is 11.4 Å². The molecule has 1 aromatic carbocycles. The fraction of sp³-hybridized carbons (Fsp3) is 0.364. The van der Waals surface area contributed by atoms with Crippen LogP contribution in [0.3, 0.4) is 0 Å². The molecule has 1 aromatic rings. The molecule has 0 amide bonds. The minimum absolute atomic E-state index is 0.229. The number of nitrogens with one attached hydrogen (secondary N) is 1. The number of hydrogen-bond acceptors (Lipinski definition) is 2. The Morgan fingerprint density at radius 3 is 2.13 bits per heavy atom. The zero-order valence-corrected chi connectivity index (χ0v) is 10.1. The maximum Gasteiger partial charge on any atom is 0.116 e. The quantitative estimate of drug-likeness (QED) is 0.872. The summed E-state index contributed by atoms with van der Waals surface area (Å²) in [5.41, 5.74) is 0.771. The van der Waals surface area contributed by atoms with E-state index in [1.54, 1.807) is 18.2 Å². The van der Waals surface area contributed by atoms with Gasteiger partial charge in [-0.2, -0.15) is 5.26 Å². The molecule has 0 bridgehead atoms. The molecule has 0 fully saturated rings. The molecule has 4 heteroatoms. The fourth-order valence-corrected chi connectivity index (χ4v) is 1.69. The molecule has 0 aliphatic heterocycles. The fourth-order valence-electron chi connectivity index (χ4n) is 1.16. The number of nitrogens with zero attached hydrogens (tertiary/aromatic N) is 1. The first-order valence-corrected chi connectivity index (χ1v) is 5.40. The first-order valence-electron chi connectivity index (χ1n) is 4.65. The molecule has 0 aromatic heterocycles. The SMILES string of the molecule is CC(C)C(C#N)Nc1cc(Cl)cc(Cl)c1. The Hall–Kier alpha value is -0.910. The number of halogens is 2. The van der Waals surface area contributed by atoms with Crippen molar-refractivity contribution in [2.75, 3.05) is 5.32 Å². The van der Waals surface area contributed by atoms with Crippen molar-refractivity contribution in [3.63, 3.8) is 0 Å². The van der Waals surface area contributed by atoms with Gasteiger partial charge in [-0.25, -0.2) is 0 Å². The third-order valence-electron chi connectivity index (χ3n) is 1.99. The summed E-state index contributed by atoms with van der Waals surface area (Å²) in [7, 11) is 0. The van der Waals surface area contributed by atoms with Crippen LogP contribution in [0.4, 0.5) is 5.69 Å². The van der Waals surface area contributed by atoms with Gasteiger partial charge in [0.2, 0.25) is 0 Å². The highest BCUT2D eigenvalue weighted by atomic mass is 35.5. The predicted molar refractivity (Wildman–Crippen MR) is 64.3 cm³/mol. The molecule has 15 heavy (non-hydrogen) atoms. The average Bonchev–Trinajstić information content (AvgIpc) is 2.12. The highest BCUT2D eigenvalue weighted by Gasteiger charge is 2.11. The van der Waals surface area contributed by atoms with Crippen molar-refractivity contribution in [3.8, 4) is 6.07 Å². The smallest absolute Gasteiger partial charge is 0.116 e. The maximum absolute atomic E-state index is 8.92. The molecule has 1 unspecified atom stereocenters. The molecule has 1 N–H and O–H groups in total. The van der Waals surface area contributed by atoms with Gasteiger partial charge in [0.05, 0.1) is 6.07 Å². The largest absolute Gasteiger partial charge is 0.370 e. The van der Waals surface area contributed by atoms with Crippen molar-refractivity contribution in [2.45, 2.75) is 19.9 Å². The Labute approximate surface area is 99.8 Å². The molecule has 2 nitrogen and oxygen atoms in total. The Balaban J connectivity index is 2.85. The van der Waals surface area contributed by atoms with Crippen molar-refractivity contribution in [1.29, 1.82) is 5.26 Å². The Bertz CT molecular complexity index is 362. The van der Waals surface area contributed by atoms with Crippen LogP contribution in [-0.4, -0.2) is 6.04 Å². The maximum atomic E-state index is 8.92. The van der Waals surface area contributed by atoms with Gasteiger partial charge in [-0.15, -0.1) is 0 Å². The van der Waals surface area contributed by atoms with Crippen molar-refractivity contribution >= 4 is 28.9 Å². The molecule has 0 saturated heterocycles. The van der Waals surface area contributed by atoms with Gasteiger partial charge < -0.3 is 5.32 Å². The van der Waals surface area contributed by atoms with Crippen LogP contribution < -0.4 is 5.32 Å². The third kappa shape index (κ3) is 3.62. The lowest BCUT2D eigenvalue weighted by atomic mass is 10.1. The van der Waals surface area contributed by atoms with E-state index in [-0.39, 0.29) is 12.0 Å². The van der Waals surface area contributed by atoms with Crippen LogP contribution in [0, 0.1) is 17.2 Å². The molecular weight excluding hydrogens is 231 g/mol. The monoisotopic (exact) mass is 242 g/mol. The first kappa shape index (κ1) is 12.2. The van der Waals surface area contributed by atoms with Crippen molar-refractivity contribution in [2.24, 2.45) is 5.92 Å². The van der Waals surface area contributed by atoms with Gasteiger partial charge in [0.15, 0.2) is 0 Å². The normalized spacial score (nSPS) is 12.3. The van der Waals surface area contributed by atoms with Crippen LogP contribution in [0.5, 0.6) is 0 Å². The van der Waals surface area contributed by atoms with E-state index < -0.39 is 0 Å². The summed E-state index contributed by atoms with van der Waals surface area (Å²) in [5.74, 6) is 0.229. The Morgan fingerprint density at radius 1 is 1.20 bits per heavy atom. The predicted octanol–water partition coefficient (Wildman–Crippen LogP) is 3.95. The Kier molecular flexibility index (Phi) is 4.26. The number of hydrogen-bond donors (Lipinski definition) is 1. The topological polar surface area (TPSA) is 35.8 Å². The van der Waals surface area contributed by atoms with Crippen LogP contribution >= 0.6 is 23.2 Å². The molecule has 0 radical (unpaired) electrons. The molecule has 1 atom stereocenters. The Morgan fingerprint density at radius 2 is 1.73 bits per heavy atom. The molecule has 0 saturated carbocycles. The summed E-state index contributed by atoms with van der Waals surface area (Å²) in [6.45, 7) is 3.96. The van der Waals surface area contributed by atoms with Crippen molar-refractivity contribution in [1.82, 2.24) is 0 Å². The molecule has 0 heterocycles. The molecule has 0 aliphatic carbocycles.